The summed E-state index contributed by atoms with van der Waals surface area (Å²) >= 11 is 0. The predicted octanol–water partition coefficient (Wildman–Crippen LogP) is 2.67. The molecule has 0 radical (unpaired) electrons. The van der Waals surface area contributed by atoms with E-state index < -0.39 is 10.0 Å². The molecule has 0 saturated heterocycles. The molecule has 1 rings (SSSR count). The van der Waals surface area contributed by atoms with Crippen molar-refractivity contribution in [1.82, 2.24) is 4.72 Å². The summed E-state index contributed by atoms with van der Waals surface area (Å²) in [7, 11) is -3.19. The molecular weight excluding hydrogens is 296 g/mol. The van der Waals surface area contributed by atoms with Gasteiger partial charge in [0, 0.05) is 12.6 Å². The van der Waals surface area contributed by atoms with E-state index in [9.17, 15) is 8.42 Å². The molecule has 122 valence electrons. The molecule has 1 aliphatic carbocycles. The van der Waals surface area contributed by atoms with Crippen LogP contribution in [0.3, 0.4) is 0 Å². The van der Waals surface area contributed by atoms with Crippen LogP contribution in [0.25, 0.3) is 0 Å². The van der Waals surface area contributed by atoms with Crippen molar-refractivity contribution >= 4 is 22.4 Å². The summed E-state index contributed by atoms with van der Waals surface area (Å²) in [6.45, 7) is 4.49. The van der Waals surface area contributed by atoms with Crippen LogP contribution >= 0.6 is 12.4 Å². The molecule has 0 aliphatic heterocycles. The van der Waals surface area contributed by atoms with Gasteiger partial charge in [0.25, 0.3) is 0 Å². The highest BCUT2D eigenvalue weighted by Gasteiger charge is 2.27. The third-order valence-corrected chi connectivity index (χ3v) is 5.76. The molecule has 2 atom stereocenters. The molecule has 1 saturated carbocycles. The average Bonchev–Trinajstić information content (AvgIpc) is 2.36. The van der Waals surface area contributed by atoms with Crippen LogP contribution < -0.4 is 10.5 Å². The summed E-state index contributed by atoms with van der Waals surface area (Å²) in [6, 6.07) is -0.0703. The Morgan fingerprint density at radius 3 is 2.35 bits per heavy atom. The highest BCUT2D eigenvalue weighted by Crippen LogP contribution is 2.26. The molecule has 20 heavy (non-hydrogen) atoms. The lowest BCUT2D eigenvalue weighted by atomic mass is 9.84. The predicted molar refractivity (Wildman–Crippen MR) is 87.7 cm³/mol. The summed E-state index contributed by atoms with van der Waals surface area (Å²) in [4.78, 5) is 0. The molecule has 0 aromatic rings. The Kier molecular flexibility index (Phi) is 10.1. The lowest BCUT2D eigenvalue weighted by Crippen LogP contribution is -2.47. The minimum Gasteiger partial charge on any atom is -0.329 e. The van der Waals surface area contributed by atoms with Crippen LogP contribution in [0, 0.1) is 11.8 Å². The topological polar surface area (TPSA) is 72.2 Å². The average molecular weight is 327 g/mol. The molecule has 0 bridgehead atoms. The minimum absolute atomic E-state index is 0. The van der Waals surface area contributed by atoms with E-state index in [1.807, 2.05) is 6.92 Å². The van der Waals surface area contributed by atoms with Gasteiger partial charge >= 0.3 is 0 Å². The van der Waals surface area contributed by atoms with Gasteiger partial charge in [0.2, 0.25) is 10.0 Å². The van der Waals surface area contributed by atoms with Crippen molar-refractivity contribution in [3.63, 3.8) is 0 Å². The molecule has 0 spiro atoms. The highest BCUT2D eigenvalue weighted by atomic mass is 35.5. The molecule has 0 aromatic carbocycles. The number of nitrogens with one attached hydrogen (secondary N) is 1. The summed E-state index contributed by atoms with van der Waals surface area (Å²) in [5.74, 6) is 0.867. The van der Waals surface area contributed by atoms with Gasteiger partial charge in [0.05, 0.1) is 5.75 Å². The first-order valence-corrected chi connectivity index (χ1v) is 9.33. The lowest BCUT2D eigenvalue weighted by Gasteiger charge is -2.30. The van der Waals surface area contributed by atoms with Gasteiger partial charge in [-0.25, -0.2) is 13.1 Å². The Hall–Kier alpha value is 0.160. The summed E-state index contributed by atoms with van der Waals surface area (Å²) < 4.78 is 27.2. The van der Waals surface area contributed by atoms with Crippen molar-refractivity contribution < 1.29 is 8.42 Å². The molecule has 4 nitrogen and oxygen atoms in total. The zero-order chi connectivity index (χ0) is 14.3. The summed E-state index contributed by atoms with van der Waals surface area (Å²) in [5.41, 5.74) is 5.77. The molecule has 0 heterocycles. The number of sulfonamides is 1. The SMILES string of the molecule is CCCC(C)CS(=O)(=O)NC(CN)C1CCCCC1.Cl. The molecule has 2 unspecified atom stereocenters. The van der Waals surface area contributed by atoms with Crippen molar-refractivity contribution in [1.29, 1.82) is 0 Å². The molecular formula is C14H31ClN2O2S. The Morgan fingerprint density at radius 2 is 1.85 bits per heavy atom. The molecule has 0 aromatic heterocycles. The van der Waals surface area contributed by atoms with E-state index in [0.29, 0.717) is 12.5 Å². The van der Waals surface area contributed by atoms with E-state index in [4.69, 9.17) is 5.73 Å². The monoisotopic (exact) mass is 326 g/mol. The first-order valence-electron chi connectivity index (χ1n) is 7.68. The summed E-state index contributed by atoms with van der Waals surface area (Å²) in [6.07, 6.45) is 7.87. The van der Waals surface area contributed by atoms with E-state index >= 15 is 0 Å². The number of nitrogens with two attached hydrogens (primary N) is 1. The lowest BCUT2D eigenvalue weighted by molar-refractivity contribution is 0.293. The third-order valence-electron chi connectivity index (χ3n) is 4.09. The second-order valence-electron chi connectivity index (χ2n) is 6.03. The Morgan fingerprint density at radius 1 is 1.25 bits per heavy atom. The van der Waals surface area contributed by atoms with Gasteiger partial charge in [-0.15, -0.1) is 12.4 Å². The molecule has 3 N–H and O–H groups in total. The quantitative estimate of drug-likeness (QED) is 0.720. The van der Waals surface area contributed by atoms with Gasteiger partial charge in [0.15, 0.2) is 0 Å². The standard InChI is InChI=1S/C14H30N2O2S.ClH/c1-3-7-12(2)11-19(17,18)16-14(10-15)13-8-5-4-6-9-13;/h12-14,16H,3-11,15H2,1-2H3;1H. The van der Waals surface area contributed by atoms with E-state index in [1.54, 1.807) is 0 Å². The van der Waals surface area contributed by atoms with Crippen molar-refractivity contribution in [2.24, 2.45) is 17.6 Å². The van der Waals surface area contributed by atoms with Gasteiger partial charge < -0.3 is 5.73 Å². The van der Waals surface area contributed by atoms with Crippen molar-refractivity contribution in [3.8, 4) is 0 Å². The van der Waals surface area contributed by atoms with Crippen LogP contribution in [0.2, 0.25) is 0 Å². The third kappa shape index (κ3) is 7.25. The first-order chi connectivity index (χ1) is 8.98. The number of hydrogen-bond acceptors (Lipinski definition) is 3. The zero-order valence-electron chi connectivity index (χ0n) is 12.8. The van der Waals surface area contributed by atoms with Crippen LogP contribution in [-0.2, 0) is 10.0 Å². The van der Waals surface area contributed by atoms with Gasteiger partial charge in [-0.1, -0.05) is 39.5 Å². The van der Waals surface area contributed by atoms with E-state index in [0.717, 1.165) is 25.7 Å². The van der Waals surface area contributed by atoms with Crippen LogP contribution in [0.15, 0.2) is 0 Å². The number of rotatable bonds is 8. The van der Waals surface area contributed by atoms with Gasteiger partial charge in [-0.3, -0.25) is 0 Å². The van der Waals surface area contributed by atoms with Crippen molar-refractivity contribution in [3.05, 3.63) is 0 Å². The second kappa shape index (κ2) is 9.98. The highest BCUT2D eigenvalue weighted by molar-refractivity contribution is 7.89. The van der Waals surface area contributed by atoms with Crippen molar-refractivity contribution in [2.75, 3.05) is 12.3 Å². The molecule has 0 amide bonds. The number of halogens is 1. The molecule has 6 heteroatoms. The maximum absolute atomic E-state index is 12.2. The normalized spacial score (nSPS) is 20.1. The van der Waals surface area contributed by atoms with Crippen LogP contribution in [-0.4, -0.2) is 26.8 Å². The number of hydrogen-bond donors (Lipinski definition) is 2. The Bertz CT molecular complexity index is 343. The van der Waals surface area contributed by atoms with Crippen molar-refractivity contribution in [2.45, 2.75) is 64.8 Å². The first kappa shape index (κ1) is 20.2. The zero-order valence-corrected chi connectivity index (χ0v) is 14.4. The largest absolute Gasteiger partial charge is 0.329 e. The molecule has 1 fully saturated rings. The van der Waals surface area contributed by atoms with E-state index in [1.165, 1.54) is 19.3 Å². The van der Waals surface area contributed by atoms with Crippen LogP contribution in [0.5, 0.6) is 0 Å². The Balaban J connectivity index is 0.00000361. The maximum Gasteiger partial charge on any atom is 0.212 e. The van der Waals surface area contributed by atoms with Gasteiger partial charge in [0.1, 0.15) is 0 Å². The smallest absolute Gasteiger partial charge is 0.212 e. The van der Waals surface area contributed by atoms with Crippen LogP contribution in [0.1, 0.15) is 58.8 Å². The van der Waals surface area contributed by atoms with Gasteiger partial charge in [-0.2, -0.15) is 0 Å². The minimum atomic E-state index is -3.19. The van der Waals surface area contributed by atoms with Gasteiger partial charge in [-0.05, 0) is 31.1 Å². The van der Waals surface area contributed by atoms with E-state index in [2.05, 4.69) is 11.6 Å². The maximum atomic E-state index is 12.2. The van der Waals surface area contributed by atoms with Crippen LogP contribution in [0.4, 0.5) is 0 Å². The fourth-order valence-electron chi connectivity index (χ4n) is 3.10. The van der Waals surface area contributed by atoms with E-state index in [-0.39, 0.29) is 30.1 Å². The Labute approximate surface area is 130 Å². The fourth-order valence-corrected chi connectivity index (χ4v) is 4.86. The second-order valence-corrected chi connectivity index (χ2v) is 7.83. The fraction of sp³-hybridized carbons (Fsp3) is 1.00. The summed E-state index contributed by atoms with van der Waals surface area (Å²) in [5, 5.41) is 0. The molecule has 1 aliphatic rings.